The van der Waals surface area contributed by atoms with Crippen LogP contribution in [-0.4, -0.2) is 46.5 Å². The highest BCUT2D eigenvalue weighted by atomic mass is 16.1. The highest BCUT2D eigenvalue weighted by molar-refractivity contribution is 5.78. The monoisotopic (exact) mass is 396 g/mol. The Balaban J connectivity index is 1.28. The molecule has 1 saturated carbocycles. The summed E-state index contributed by atoms with van der Waals surface area (Å²) in [4.78, 5) is 32.4. The van der Waals surface area contributed by atoms with Crippen molar-refractivity contribution in [1.82, 2.24) is 19.8 Å². The average Bonchev–Trinajstić information content (AvgIpc) is 3.56. The summed E-state index contributed by atoms with van der Waals surface area (Å²) in [5.41, 5.74) is 0.755. The topological polar surface area (TPSA) is 67.2 Å². The van der Waals surface area contributed by atoms with Crippen LogP contribution in [0.1, 0.15) is 57.3 Å². The lowest BCUT2D eigenvalue weighted by Gasteiger charge is -2.30. The Morgan fingerprint density at radius 2 is 1.93 bits per heavy atom. The first-order chi connectivity index (χ1) is 14.1. The molecule has 1 saturated heterocycles. The summed E-state index contributed by atoms with van der Waals surface area (Å²) in [6.45, 7) is 6.46. The maximum atomic E-state index is 12.9. The zero-order chi connectivity index (χ0) is 20.2. The zero-order valence-electron chi connectivity index (χ0n) is 17.4. The standard InChI is InChI=1S/C23H32N4O2/c1-17-11-15-26(16-12-17)14-4-13-24-22(28)10-9-21-25-20-6-3-2-5-19(20)23(29)27(21)18-7-8-18/h2-3,5-6,17-18H,4,7-16H2,1H3,(H,24,28). The van der Waals surface area contributed by atoms with Crippen LogP contribution in [0, 0.1) is 5.92 Å². The summed E-state index contributed by atoms with van der Waals surface area (Å²) in [6.07, 6.45) is 6.48. The second kappa shape index (κ2) is 9.08. The normalized spacial score (nSPS) is 18.2. The van der Waals surface area contributed by atoms with E-state index in [0.717, 1.165) is 43.1 Å². The summed E-state index contributed by atoms with van der Waals surface area (Å²) in [5, 5.41) is 3.70. The number of nitrogens with zero attached hydrogens (tertiary/aromatic N) is 3. The van der Waals surface area contributed by atoms with Crippen LogP contribution in [0.4, 0.5) is 0 Å². The van der Waals surface area contributed by atoms with Crippen molar-refractivity contribution < 1.29 is 4.79 Å². The Labute approximate surface area is 172 Å². The van der Waals surface area contributed by atoms with Crippen molar-refractivity contribution >= 4 is 16.8 Å². The Kier molecular flexibility index (Phi) is 6.28. The summed E-state index contributed by atoms with van der Waals surface area (Å²) in [6, 6.07) is 7.74. The van der Waals surface area contributed by atoms with E-state index < -0.39 is 0 Å². The molecule has 1 aromatic heterocycles. The molecule has 2 heterocycles. The van der Waals surface area contributed by atoms with E-state index in [1.54, 1.807) is 0 Å². The molecule has 0 bridgehead atoms. The van der Waals surface area contributed by atoms with Gasteiger partial charge in [0.1, 0.15) is 5.82 Å². The van der Waals surface area contributed by atoms with Gasteiger partial charge >= 0.3 is 0 Å². The minimum atomic E-state index is 0.0318. The van der Waals surface area contributed by atoms with E-state index in [1.165, 1.54) is 25.9 Å². The van der Waals surface area contributed by atoms with Crippen LogP contribution in [0.15, 0.2) is 29.1 Å². The number of amides is 1. The minimum Gasteiger partial charge on any atom is -0.356 e. The van der Waals surface area contributed by atoms with Gasteiger partial charge in [-0.05, 0) is 69.8 Å². The number of benzene rings is 1. The Morgan fingerprint density at radius 1 is 1.17 bits per heavy atom. The summed E-state index contributed by atoms with van der Waals surface area (Å²) < 4.78 is 1.83. The fraction of sp³-hybridized carbons (Fsp3) is 0.609. The van der Waals surface area contributed by atoms with E-state index >= 15 is 0 Å². The maximum Gasteiger partial charge on any atom is 0.261 e. The molecule has 1 aliphatic heterocycles. The predicted molar refractivity (Wildman–Crippen MR) is 115 cm³/mol. The van der Waals surface area contributed by atoms with Crippen LogP contribution in [0.25, 0.3) is 10.9 Å². The third kappa shape index (κ3) is 5.04. The van der Waals surface area contributed by atoms with E-state index in [4.69, 9.17) is 4.98 Å². The van der Waals surface area contributed by atoms with Gasteiger partial charge < -0.3 is 10.2 Å². The fourth-order valence-electron chi connectivity index (χ4n) is 4.21. The van der Waals surface area contributed by atoms with Crippen LogP contribution in [-0.2, 0) is 11.2 Å². The van der Waals surface area contributed by atoms with Crippen LogP contribution >= 0.6 is 0 Å². The zero-order valence-corrected chi connectivity index (χ0v) is 17.4. The number of para-hydroxylation sites is 1. The molecular formula is C23H32N4O2. The van der Waals surface area contributed by atoms with Gasteiger partial charge in [-0.1, -0.05) is 19.1 Å². The van der Waals surface area contributed by atoms with Crippen molar-refractivity contribution in [2.75, 3.05) is 26.2 Å². The minimum absolute atomic E-state index is 0.0318. The van der Waals surface area contributed by atoms with Gasteiger partial charge in [-0.3, -0.25) is 14.2 Å². The number of piperidine rings is 1. The lowest BCUT2D eigenvalue weighted by Crippen LogP contribution is -2.35. The smallest absolute Gasteiger partial charge is 0.261 e. The molecule has 2 aliphatic rings. The molecule has 1 aliphatic carbocycles. The molecule has 1 N–H and O–H groups in total. The third-order valence-corrected chi connectivity index (χ3v) is 6.22. The van der Waals surface area contributed by atoms with E-state index in [0.29, 0.717) is 24.8 Å². The molecule has 6 heteroatoms. The molecule has 6 nitrogen and oxygen atoms in total. The molecule has 1 aromatic carbocycles. The van der Waals surface area contributed by atoms with Gasteiger partial charge in [0.15, 0.2) is 0 Å². The lowest BCUT2D eigenvalue weighted by atomic mass is 9.99. The molecular weight excluding hydrogens is 364 g/mol. The van der Waals surface area contributed by atoms with Crippen molar-refractivity contribution in [1.29, 1.82) is 0 Å². The molecule has 2 fully saturated rings. The number of likely N-dealkylation sites (tertiary alicyclic amines) is 1. The van der Waals surface area contributed by atoms with E-state index in [9.17, 15) is 9.59 Å². The Hall–Kier alpha value is -2.21. The number of fused-ring (bicyclic) bond motifs is 1. The quantitative estimate of drug-likeness (QED) is 0.697. The average molecular weight is 397 g/mol. The van der Waals surface area contributed by atoms with E-state index in [1.807, 2.05) is 28.8 Å². The molecule has 0 spiro atoms. The molecule has 1 amide bonds. The van der Waals surface area contributed by atoms with Gasteiger partial charge in [-0.25, -0.2) is 4.98 Å². The summed E-state index contributed by atoms with van der Waals surface area (Å²) in [7, 11) is 0. The van der Waals surface area contributed by atoms with Crippen LogP contribution < -0.4 is 10.9 Å². The lowest BCUT2D eigenvalue weighted by molar-refractivity contribution is -0.121. The van der Waals surface area contributed by atoms with Crippen molar-refractivity contribution in [2.45, 2.75) is 57.9 Å². The largest absolute Gasteiger partial charge is 0.356 e. The van der Waals surface area contributed by atoms with Gasteiger partial charge in [-0.15, -0.1) is 0 Å². The number of hydrogen-bond acceptors (Lipinski definition) is 4. The molecule has 0 unspecified atom stereocenters. The highest BCUT2D eigenvalue weighted by Crippen LogP contribution is 2.34. The number of rotatable bonds is 8. The Bertz CT molecular complexity index is 911. The van der Waals surface area contributed by atoms with Gasteiger partial charge in [0, 0.05) is 25.4 Å². The molecule has 0 radical (unpaired) electrons. The number of hydrogen-bond donors (Lipinski definition) is 1. The first-order valence-corrected chi connectivity index (χ1v) is 11.1. The number of aryl methyl sites for hydroxylation is 1. The maximum absolute atomic E-state index is 12.9. The molecule has 2 aromatic rings. The number of carbonyl (C=O) groups excluding carboxylic acids is 1. The summed E-state index contributed by atoms with van der Waals surface area (Å²) >= 11 is 0. The van der Waals surface area contributed by atoms with Gasteiger partial charge in [0.05, 0.1) is 10.9 Å². The molecule has 29 heavy (non-hydrogen) atoms. The number of aromatic nitrogens is 2. The van der Waals surface area contributed by atoms with Crippen molar-refractivity contribution in [3.63, 3.8) is 0 Å². The highest BCUT2D eigenvalue weighted by Gasteiger charge is 2.28. The summed E-state index contributed by atoms with van der Waals surface area (Å²) in [5.74, 6) is 1.64. The first-order valence-electron chi connectivity index (χ1n) is 11.1. The second-order valence-electron chi connectivity index (χ2n) is 8.68. The number of carbonyl (C=O) groups is 1. The van der Waals surface area contributed by atoms with E-state index in [-0.39, 0.29) is 17.5 Å². The van der Waals surface area contributed by atoms with Crippen molar-refractivity contribution in [3.05, 3.63) is 40.4 Å². The SMILES string of the molecule is CC1CCN(CCCNC(=O)CCc2nc3ccccc3c(=O)n2C2CC2)CC1. The van der Waals surface area contributed by atoms with Gasteiger partial charge in [-0.2, -0.15) is 0 Å². The van der Waals surface area contributed by atoms with Crippen molar-refractivity contribution in [3.8, 4) is 0 Å². The third-order valence-electron chi connectivity index (χ3n) is 6.22. The van der Waals surface area contributed by atoms with Crippen molar-refractivity contribution in [2.24, 2.45) is 5.92 Å². The van der Waals surface area contributed by atoms with Crippen LogP contribution in [0.2, 0.25) is 0 Å². The van der Waals surface area contributed by atoms with Crippen LogP contribution in [0.3, 0.4) is 0 Å². The number of nitrogens with one attached hydrogen (secondary N) is 1. The molecule has 4 rings (SSSR count). The second-order valence-corrected chi connectivity index (χ2v) is 8.68. The molecule has 0 atom stereocenters. The first kappa shape index (κ1) is 20.1. The predicted octanol–water partition coefficient (Wildman–Crippen LogP) is 2.90. The van der Waals surface area contributed by atoms with E-state index in [2.05, 4.69) is 17.1 Å². The van der Waals surface area contributed by atoms with Gasteiger partial charge in [0.2, 0.25) is 5.91 Å². The Morgan fingerprint density at radius 3 is 2.69 bits per heavy atom. The van der Waals surface area contributed by atoms with Gasteiger partial charge in [0.25, 0.3) is 5.56 Å². The fourth-order valence-corrected chi connectivity index (χ4v) is 4.21. The van der Waals surface area contributed by atoms with Crippen LogP contribution in [0.5, 0.6) is 0 Å². The molecule has 156 valence electrons.